The van der Waals surface area contributed by atoms with Gasteiger partial charge in [-0.25, -0.2) is 0 Å². The van der Waals surface area contributed by atoms with E-state index in [1.807, 2.05) is 0 Å². The second-order valence-corrected chi connectivity index (χ2v) is 7.76. The van der Waals surface area contributed by atoms with Gasteiger partial charge in [0.05, 0.1) is 23.9 Å². The molecule has 1 saturated heterocycles. The molecule has 3 aromatic rings. The zero-order chi connectivity index (χ0) is 23.7. The zero-order valence-corrected chi connectivity index (χ0v) is 18.3. The number of phenolic OH excluding ortho intramolecular Hbond substituents is 2. The molecule has 4 rings (SSSR count). The van der Waals surface area contributed by atoms with Crippen LogP contribution >= 0.6 is 11.6 Å². The number of amides is 1. The topological polar surface area (TPSA) is 107 Å². The number of ether oxygens (including phenoxy) is 1. The highest BCUT2D eigenvalue weighted by Gasteiger charge is 2.48. The summed E-state index contributed by atoms with van der Waals surface area (Å²) in [5.41, 5.74) is 0.568. The molecule has 1 aliphatic rings. The number of ketones is 1. The van der Waals surface area contributed by atoms with Gasteiger partial charge in [-0.2, -0.15) is 0 Å². The van der Waals surface area contributed by atoms with Crippen molar-refractivity contribution in [2.24, 2.45) is 0 Å². The lowest BCUT2D eigenvalue weighted by molar-refractivity contribution is -0.132. The van der Waals surface area contributed by atoms with Crippen LogP contribution in [0.3, 0.4) is 0 Å². The van der Waals surface area contributed by atoms with Crippen LogP contribution in [-0.2, 0) is 9.59 Å². The second kappa shape index (κ2) is 8.88. The van der Waals surface area contributed by atoms with Crippen LogP contribution < -0.4 is 9.64 Å². The average Bonchev–Trinajstić information content (AvgIpc) is 3.07. The number of aromatic hydroxyl groups is 2. The maximum atomic E-state index is 13.2. The van der Waals surface area contributed by atoms with E-state index in [0.29, 0.717) is 11.1 Å². The van der Waals surface area contributed by atoms with Gasteiger partial charge in [0.2, 0.25) is 0 Å². The van der Waals surface area contributed by atoms with Gasteiger partial charge in [-0.3, -0.25) is 14.5 Å². The standard InChI is InChI=1S/C25H20ClNO6/c1-2-33-20-12-15(8-10-19(20)29)22-21(23(30)14-6-4-3-5-7-14)24(31)25(32)27(22)17-13-16(26)9-11-18(17)28/h3-13,22,28-30H,2H2,1H3/b23-21+. The molecule has 0 radical (unpaired) electrons. The van der Waals surface area contributed by atoms with Gasteiger partial charge < -0.3 is 20.1 Å². The van der Waals surface area contributed by atoms with Crippen LogP contribution in [0.25, 0.3) is 5.76 Å². The fourth-order valence-corrected chi connectivity index (χ4v) is 3.98. The average molecular weight is 466 g/mol. The number of Topliss-reactive ketones (excluding diaryl/α,β-unsaturated/α-hetero) is 1. The normalized spacial score (nSPS) is 17.4. The highest BCUT2D eigenvalue weighted by molar-refractivity contribution is 6.52. The van der Waals surface area contributed by atoms with Gasteiger partial charge in [0, 0.05) is 10.6 Å². The van der Waals surface area contributed by atoms with E-state index in [0.717, 1.165) is 4.90 Å². The Labute approximate surface area is 194 Å². The van der Waals surface area contributed by atoms with E-state index < -0.39 is 17.7 Å². The Morgan fingerprint density at radius 3 is 2.39 bits per heavy atom. The van der Waals surface area contributed by atoms with Gasteiger partial charge in [-0.15, -0.1) is 0 Å². The molecule has 1 unspecified atom stereocenters. The first-order chi connectivity index (χ1) is 15.8. The van der Waals surface area contributed by atoms with Crippen molar-refractivity contribution < 1.29 is 29.6 Å². The minimum Gasteiger partial charge on any atom is -0.507 e. The number of carbonyl (C=O) groups excluding carboxylic acids is 2. The van der Waals surface area contributed by atoms with Crippen molar-refractivity contribution in [1.82, 2.24) is 0 Å². The van der Waals surface area contributed by atoms with E-state index >= 15 is 0 Å². The molecule has 3 N–H and O–H groups in total. The summed E-state index contributed by atoms with van der Waals surface area (Å²) in [7, 11) is 0. The summed E-state index contributed by atoms with van der Waals surface area (Å²) < 4.78 is 5.47. The van der Waals surface area contributed by atoms with Crippen molar-refractivity contribution in [3.8, 4) is 17.2 Å². The summed E-state index contributed by atoms with van der Waals surface area (Å²) >= 11 is 6.11. The molecule has 0 aliphatic carbocycles. The molecule has 1 atom stereocenters. The van der Waals surface area contributed by atoms with Crippen molar-refractivity contribution in [1.29, 1.82) is 0 Å². The van der Waals surface area contributed by atoms with Gasteiger partial charge in [0.15, 0.2) is 11.5 Å². The van der Waals surface area contributed by atoms with Crippen LogP contribution in [0.2, 0.25) is 5.02 Å². The van der Waals surface area contributed by atoms with Gasteiger partial charge >= 0.3 is 0 Å². The predicted molar refractivity (Wildman–Crippen MR) is 124 cm³/mol. The van der Waals surface area contributed by atoms with E-state index in [2.05, 4.69) is 0 Å². The molecule has 1 fully saturated rings. The molecule has 3 aromatic carbocycles. The molecule has 33 heavy (non-hydrogen) atoms. The second-order valence-electron chi connectivity index (χ2n) is 7.33. The quantitative estimate of drug-likeness (QED) is 0.284. The van der Waals surface area contributed by atoms with E-state index in [-0.39, 0.29) is 45.9 Å². The van der Waals surface area contributed by atoms with Crippen molar-refractivity contribution in [3.05, 3.63) is 88.5 Å². The summed E-state index contributed by atoms with van der Waals surface area (Å²) in [6.45, 7) is 2.02. The molecule has 1 aliphatic heterocycles. The molecular formula is C25H20ClNO6. The summed E-state index contributed by atoms with van der Waals surface area (Å²) in [4.78, 5) is 27.4. The third-order valence-electron chi connectivity index (χ3n) is 5.29. The molecule has 168 valence electrons. The van der Waals surface area contributed by atoms with Crippen molar-refractivity contribution in [2.45, 2.75) is 13.0 Å². The number of aliphatic hydroxyl groups is 1. The van der Waals surface area contributed by atoms with Gasteiger partial charge in [0.1, 0.15) is 11.5 Å². The van der Waals surface area contributed by atoms with Gasteiger partial charge in [-0.1, -0.05) is 48.0 Å². The number of hydrogen-bond acceptors (Lipinski definition) is 6. The molecule has 0 bridgehead atoms. The van der Waals surface area contributed by atoms with E-state index in [9.17, 15) is 24.9 Å². The van der Waals surface area contributed by atoms with Crippen LogP contribution in [-0.4, -0.2) is 33.6 Å². The number of rotatable bonds is 5. The molecular weight excluding hydrogens is 446 g/mol. The first kappa shape index (κ1) is 22.2. The Morgan fingerprint density at radius 2 is 1.70 bits per heavy atom. The molecule has 1 amide bonds. The number of phenols is 2. The smallest absolute Gasteiger partial charge is 0.300 e. The number of benzene rings is 3. The molecule has 7 nitrogen and oxygen atoms in total. The predicted octanol–water partition coefficient (Wildman–Crippen LogP) is 4.78. The van der Waals surface area contributed by atoms with Crippen LogP contribution in [0.4, 0.5) is 5.69 Å². The Hall–Kier alpha value is -3.97. The summed E-state index contributed by atoms with van der Waals surface area (Å²) in [5.74, 6) is -2.47. The third kappa shape index (κ3) is 3.99. The maximum absolute atomic E-state index is 13.2. The highest BCUT2D eigenvalue weighted by atomic mass is 35.5. The number of nitrogens with zero attached hydrogens (tertiary/aromatic N) is 1. The number of carbonyl (C=O) groups is 2. The molecule has 0 saturated carbocycles. The molecule has 8 heteroatoms. The maximum Gasteiger partial charge on any atom is 0.300 e. The summed E-state index contributed by atoms with van der Waals surface area (Å²) in [5, 5.41) is 31.9. The van der Waals surface area contributed by atoms with E-state index in [4.69, 9.17) is 16.3 Å². The Kier molecular flexibility index (Phi) is 5.98. The van der Waals surface area contributed by atoms with Crippen LogP contribution in [0, 0.1) is 0 Å². The monoisotopic (exact) mass is 465 g/mol. The molecule has 0 spiro atoms. The van der Waals surface area contributed by atoms with Crippen LogP contribution in [0.5, 0.6) is 17.2 Å². The van der Waals surface area contributed by atoms with Crippen molar-refractivity contribution in [2.75, 3.05) is 11.5 Å². The Bertz CT molecular complexity index is 1270. The van der Waals surface area contributed by atoms with Crippen molar-refractivity contribution >= 4 is 34.7 Å². The summed E-state index contributed by atoms with van der Waals surface area (Å²) in [6.07, 6.45) is 0. The Balaban J connectivity index is 1.99. The summed E-state index contributed by atoms with van der Waals surface area (Å²) in [6, 6.07) is 15.7. The zero-order valence-electron chi connectivity index (χ0n) is 17.5. The van der Waals surface area contributed by atoms with Crippen LogP contribution in [0.1, 0.15) is 24.1 Å². The Morgan fingerprint density at radius 1 is 1.00 bits per heavy atom. The fraction of sp³-hybridized carbons (Fsp3) is 0.120. The third-order valence-corrected chi connectivity index (χ3v) is 5.52. The molecule has 1 heterocycles. The minimum atomic E-state index is -1.12. The number of halogens is 1. The SMILES string of the molecule is CCOc1cc(C2/C(=C(\O)c3ccccc3)C(=O)C(=O)N2c2cc(Cl)ccc2O)ccc1O. The lowest BCUT2D eigenvalue weighted by atomic mass is 9.94. The lowest BCUT2D eigenvalue weighted by Gasteiger charge is -2.26. The highest BCUT2D eigenvalue weighted by Crippen LogP contribution is 2.46. The van der Waals surface area contributed by atoms with E-state index in [1.54, 1.807) is 37.3 Å². The largest absolute Gasteiger partial charge is 0.507 e. The number of anilines is 1. The minimum absolute atomic E-state index is 0.00717. The molecule has 0 aromatic heterocycles. The van der Waals surface area contributed by atoms with Gasteiger partial charge in [0.25, 0.3) is 11.7 Å². The number of hydrogen-bond donors (Lipinski definition) is 3. The first-order valence-electron chi connectivity index (χ1n) is 10.1. The van der Waals surface area contributed by atoms with Crippen molar-refractivity contribution in [3.63, 3.8) is 0 Å². The number of aliphatic hydroxyl groups excluding tert-OH is 1. The first-order valence-corrected chi connectivity index (χ1v) is 10.5. The van der Waals surface area contributed by atoms with Gasteiger partial charge in [-0.05, 0) is 42.8 Å². The van der Waals surface area contributed by atoms with E-state index in [1.165, 1.54) is 36.4 Å². The fourth-order valence-electron chi connectivity index (χ4n) is 3.81. The van der Waals surface area contributed by atoms with Crippen LogP contribution in [0.15, 0.2) is 72.3 Å². The lowest BCUT2D eigenvalue weighted by Crippen LogP contribution is -2.29.